The minimum atomic E-state index is 0.0908. The van der Waals surface area contributed by atoms with Crippen molar-refractivity contribution in [2.75, 3.05) is 5.75 Å². The van der Waals surface area contributed by atoms with E-state index in [0.717, 1.165) is 22.5 Å². The van der Waals surface area contributed by atoms with Gasteiger partial charge in [0.2, 0.25) is 0 Å². The molecule has 0 aromatic carbocycles. The molecule has 0 atom stereocenters. The van der Waals surface area contributed by atoms with E-state index in [-0.39, 0.29) is 11.0 Å². The molecule has 84 valence electrons. The molecule has 2 aromatic rings. The van der Waals surface area contributed by atoms with Crippen molar-refractivity contribution in [3.63, 3.8) is 0 Å². The first-order valence-electron chi connectivity index (χ1n) is 5.28. The van der Waals surface area contributed by atoms with Gasteiger partial charge in [-0.05, 0) is 35.5 Å². The Labute approximate surface area is 103 Å². The van der Waals surface area contributed by atoms with Crippen molar-refractivity contribution in [2.45, 2.75) is 19.4 Å². The highest BCUT2D eigenvalue weighted by atomic mass is 32.1. The van der Waals surface area contributed by atoms with Crippen LogP contribution in [-0.2, 0) is 6.54 Å². The zero-order chi connectivity index (χ0) is 11.2. The Kier molecular flexibility index (Phi) is 2.33. The molecule has 0 radical (unpaired) electrons. The molecule has 0 saturated heterocycles. The Morgan fingerprint density at radius 3 is 3.06 bits per heavy atom. The molecule has 3 rings (SSSR count). The lowest BCUT2D eigenvalue weighted by molar-refractivity contribution is 0.462. The summed E-state index contributed by atoms with van der Waals surface area (Å²) >= 11 is 5.82. The van der Waals surface area contributed by atoms with Crippen LogP contribution in [0.15, 0.2) is 22.6 Å². The SMILES string of the molecule is O=c1c2sccc2ncn1CC1(CS)CC1. The summed E-state index contributed by atoms with van der Waals surface area (Å²) in [7, 11) is 0. The second-order valence-electron chi connectivity index (χ2n) is 4.47. The first-order chi connectivity index (χ1) is 7.74. The Hall–Kier alpha value is -0.810. The molecule has 1 fully saturated rings. The van der Waals surface area contributed by atoms with Gasteiger partial charge in [-0.1, -0.05) is 0 Å². The van der Waals surface area contributed by atoms with E-state index in [1.807, 2.05) is 11.4 Å². The first-order valence-corrected chi connectivity index (χ1v) is 6.79. The molecule has 0 aliphatic heterocycles. The topological polar surface area (TPSA) is 34.9 Å². The molecule has 3 nitrogen and oxygen atoms in total. The molecular formula is C11H12N2OS2. The van der Waals surface area contributed by atoms with Crippen molar-refractivity contribution in [3.05, 3.63) is 28.1 Å². The average molecular weight is 252 g/mol. The third-order valence-electron chi connectivity index (χ3n) is 3.23. The highest BCUT2D eigenvalue weighted by molar-refractivity contribution is 7.80. The summed E-state index contributed by atoms with van der Waals surface area (Å²) in [6, 6.07) is 1.89. The summed E-state index contributed by atoms with van der Waals surface area (Å²) in [5.74, 6) is 0.849. The van der Waals surface area contributed by atoms with Crippen LogP contribution in [0.5, 0.6) is 0 Å². The summed E-state index contributed by atoms with van der Waals surface area (Å²) < 4.78 is 2.50. The molecule has 1 aliphatic rings. The van der Waals surface area contributed by atoms with Crippen molar-refractivity contribution in [1.29, 1.82) is 0 Å². The van der Waals surface area contributed by atoms with Gasteiger partial charge in [-0.15, -0.1) is 11.3 Å². The van der Waals surface area contributed by atoms with Crippen LogP contribution in [0.4, 0.5) is 0 Å². The molecular weight excluding hydrogens is 240 g/mol. The summed E-state index contributed by atoms with van der Waals surface area (Å²) in [4.78, 5) is 16.4. The van der Waals surface area contributed by atoms with Crippen LogP contribution in [0.3, 0.4) is 0 Å². The number of hydrogen-bond acceptors (Lipinski definition) is 4. The minimum absolute atomic E-state index is 0.0908. The second-order valence-corrected chi connectivity index (χ2v) is 5.70. The molecule has 0 amide bonds. The van der Waals surface area contributed by atoms with Gasteiger partial charge in [0.15, 0.2) is 0 Å². The molecule has 2 heterocycles. The predicted molar refractivity (Wildman–Crippen MR) is 69.4 cm³/mol. The summed E-state index contributed by atoms with van der Waals surface area (Å²) in [5.41, 5.74) is 1.15. The fourth-order valence-corrected chi connectivity index (χ4v) is 3.10. The zero-order valence-electron chi connectivity index (χ0n) is 8.72. The lowest BCUT2D eigenvalue weighted by Gasteiger charge is -2.13. The van der Waals surface area contributed by atoms with E-state index in [1.54, 1.807) is 10.9 Å². The van der Waals surface area contributed by atoms with Gasteiger partial charge in [-0.3, -0.25) is 9.36 Å². The number of thiol groups is 1. The van der Waals surface area contributed by atoms with Crippen LogP contribution >= 0.6 is 24.0 Å². The lowest BCUT2D eigenvalue weighted by Crippen LogP contribution is -2.25. The monoisotopic (exact) mass is 252 g/mol. The number of hydrogen-bond donors (Lipinski definition) is 1. The molecule has 1 aliphatic carbocycles. The van der Waals surface area contributed by atoms with Gasteiger partial charge >= 0.3 is 0 Å². The van der Waals surface area contributed by atoms with Gasteiger partial charge in [-0.25, -0.2) is 4.98 Å². The number of nitrogens with zero attached hydrogens (tertiary/aromatic N) is 2. The average Bonchev–Trinajstić information content (AvgIpc) is 2.90. The minimum Gasteiger partial charge on any atom is -0.297 e. The van der Waals surface area contributed by atoms with Crippen molar-refractivity contribution in [1.82, 2.24) is 9.55 Å². The molecule has 16 heavy (non-hydrogen) atoms. The van der Waals surface area contributed by atoms with Crippen LogP contribution in [0.2, 0.25) is 0 Å². The van der Waals surface area contributed by atoms with Gasteiger partial charge in [-0.2, -0.15) is 12.6 Å². The van der Waals surface area contributed by atoms with Crippen molar-refractivity contribution in [3.8, 4) is 0 Å². The van der Waals surface area contributed by atoms with Gasteiger partial charge in [0, 0.05) is 6.54 Å². The normalized spacial score (nSPS) is 17.8. The maximum absolute atomic E-state index is 12.1. The van der Waals surface area contributed by atoms with Crippen LogP contribution in [0, 0.1) is 5.41 Å². The molecule has 2 aromatic heterocycles. The molecule has 0 N–H and O–H groups in total. The van der Waals surface area contributed by atoms with Gasteiger partial charge < -0.3 is 0 Å². The third kappa shape index (κ3) is 1.58. The third-order valence-corrected chi connectivity index (χ3v) is 4.80. The Morgan fingerprint density at radius 1 is 1.56 bits per heavy atom. The van der Waals surface area contributed by atoms with Gasteiger partial charge in [0.1, 0.15) is 4.70 Å². The molecule has 0 unspecified atom stereocenters. The first kappa shape index (κ1) is 10.4. The summed E-state index contributed by atoms with van der Waals surface area (Å²) in [5, 5.41) is 1.91. The quantitative estimate of drug-likeness (QED) is 0.850. The molecule has 0 spiro atoms. The summed E-state index contributed by atoms with van der Waals surface area (Å²) in [6.45, 7) is 0.760. The van der Waals surface area contributed by atoms with Crippen molar-refractivity contribution in [2.24, 2.45) is 5.41 Å². The molecule has 5 heteroatoms. The number of rotatable bonds is 3. The Balaban J connectivity index is 2.04. The van der Waals surface area contributed by atoms with Crippen molar-refractivity contribution >= 4 is 34.2 Å². The van der Waals surface area contributed by atoms with E-state index in [1.165, 1.54) is 24.2 Å². The number of aromatic nitrogens is 2. The molecule has 0 bridgehead atoms. The number of thiophene rings is 1. The number of fused-ring (bicyclic) bond motifs is 1. The van der Waals surface area contributed by atoms with Gasteiger partial charge in [0.05, 0.1) is 11.8 Å². The van der Waals surface area contributed by atoms with Crippen LogP contribution in [-0.4, -0.2) is 15.3 Å². The maximum atomic E-state index is 12.1. The fourth-order valence-electron chi connectivity index (χ4n) is 1.90. The maximum Gasteiger partial charge on any atom is 0.271 e. The highest BCUT2D eigenvalue weighted by Crippen LogP contribution is 2.47. The smallest absolute Gasteiger partial charge is 0.271 e. The molecule has 1 saturated carbocycles. The van der Waals surface area contributed by atoms with E-state index in [4.69, 9.17) is 0 Å². The zero-order valence-corrected chi connectivity index (χ0v) is 10.4. The van der Waals surface area contributed by atoms with Crippen molar-refractivity contribution < 1.29 is 0 Å². The predicted octanol–water partition coefficient (Wildman–Crippen LogP) is 2.17. The van der Waals surface area contributed by atoms with E-state index >= 15 is 0 Å². The lowest BCUT2D eigenvalue weighted by atomic mass is 10.1. The van der Waals surface area contributed by atoms with E-state index < -0.39 is 0 Å². The van der Waals surface area contributed by atoms with Crippen LogP contribution in [0.25, 0.3) is 10.2 Å². The Bertz CT molecular complexity index is 583. The van der Waals surface area contributed by atoms with Crippen LogP contribution in [0.1, 0.15) is 12.8 Å². The summed E-state index contributed by atoms with van der Waals surface area (Å²) in [6.07, 6.45) is 4.01. The van der Waals surface area contributed by atoms with Gasteiger partial charge in [0.25, 0.3) is 5.56 Å². The largest absolute Gasteiger partial charge is 0.297 e. The van der Waals surface area contributed by atoms with E-state index in [2.05, 4.69) is 17.6 Å². The highest BCUT2D eigenvalue weighted by Gasteiger charge is 2.41. The standard InChI is InChI=1S/C11H12N2OS2/c14-10-9-8(1-4-16-9)12-7-13(10)5-11(6-15)2-3-11/h1,4,7,15H,2-3,5-6H2. The van der Waals surface area contributed by atoms with E-state index in [9.17, 15) is 4.79 Å². The Morgan fingerprint density at radius 2 is 2.38 bits per heavy atom. The van der Waals surface area contributed by atoms with Crippen LogP contribution < -0.4 is 5.56 Å². The fraction of sp³-hybridized carbons (Fsp3) is 0.455. The second kappa shape index (κ2) is 3.60. The van der Waals surface area contributed by atoms with E-state index in [0.29, 0.717) is 0 Å².